The van der Waals surface area contributed by atoms with Crippen LogP contribution in [0.25, 0.3) is 0 Å². The molecule has 2 aromatic rings. The van der Waals surface area contributed by atoms with Crippen molar-refractivity contribution in [2.75, 3.05) is 49.7 Å². The van der Waals surface area contributed by atoms with Gasteiger partial charge in [0.15, 0.2) is 0 Å². The number of carbonyl (C=O) groups is 1. The lowest BCUT2D eigenvalue weighted by atomic mass is 10.1. The molecule has 1 amide bonds. The summed E-state index contributed by atoms with van der Waals surface area (Å²) in [6.07, 6.45) is 2.29. The van der Waals surface area contributed by atoms with Gasteiger partial charge in [-0.15, -0.1) is 0 Å². The van der Waals surface area contributed by atoms with Gasteiger partial charge in [0.05, 0.1) is 35.7 Å². The van der Waals surface area contributed by atoms with Crippen molar-refractivity contribution in [1.82, 2.24) is 0 Å². The van der Waals surface area contributed by atoms with Crippen LogP contribution in [0.4, 0.5) is 11.4 Å². The number of para-hydroxylation sites is 1. The molecule has 1 N–H and O–H groups in total. The van der Waals surface area contributed by atoms with Gasteiger partial charge in [-0.1, -0.05) is 17.7 Å². The molecule has 0 radical (unpaired) electrons. The van der Waals surface area contributed by atoms with Crippen molar-refractivity contribution in [3.63, 3.8) is 0 Å². The van der Waals surface area contributed by atoms with Gasteiger partial charge in [0.25, 0.3) is 5.91 Å². The summed E-state index contributed by atoms with van der Waals surface area (Å²) in [5.41, 5.74) is 2.09. The molecule has 4 rings (SSSR count). The lowest BCUT2D eigenvalue weighted by Crippen LogP contribution is -2.37. The molecule has 7 heteroatoms. The third kappa shape index (κ3) is 5.01. The SMILES string of the molecule is O=C(Nc1cccc(Cl)c1N1CCOCC1)c1ccc(OC[C@H]2CCCO2)cc1. The highest BCUT2D eigenvalue weighted by molar-refractivity contribution is 6.34. The first-order chi connectivity index (χ1) is 14.2. The van der Waals surface area contributed by atoms with Gasteiger partial charge >= 0.3 is 0 Å². The van der Waals surface area contributed by atoms with Gasteiger partial charge in [-0.05, 0) is 49.2 Å². The Morgan fingerprint density at radius 2 is 1.93 bits per heavy atom. The molecule has 29 heavy (non-hydrogen) atoms. The van der Waals surface area contributed by atoms with Gasteiger partial charge in [0.1, 0.15) is 12.4 Å². The Hall–Kier alpha value is -2.28. The van der Waals surface area contributed by atoms with Crippen molar-refractivity contribution in [1.29, 1.82) is 0 Å². The van der Waals surface area contributed by atoms with Crippen molar-refractivity contribution >= 4 is 28.9 Å². The maximum Gasteiger partial charge on any atom is 0.255 e. The average Bonchev–Trinajstić information content (AvgIpc) is 3.27. The summed E-state index contributed by atoms with van der Waals surface area (Å²) >= 11 is 6.44. The van der Waals surface area contributed by atoms with Crippen LogP contribution in [-0.2, 0) is 9.47 Å². The van der Waals surface area contributed by atoms with Gasteiger partial charge in [-0.25, -0.2) is 0 Å². The smallest absolute Gasteiger partial charge is 0.255 e. The zero-order valence-electron chi connectivity index (χ0n) is 16.2. The molecule has 2 aliphatic heterocycles. The van der Waals surface area contributed by atoms with Crippen LogP contribution < -0.4 is 15.0 Å². The van der Waals surface area contributed by atoms with Gasteiger partial charge in [0.2, 0.25) is 0 Å². The fourth-order valence-corrected chi connectivity index (χ4v) is 3.88. The second-order valence-electron chi connectivity index (χ2n) is 7.16. The summed E-state index contributed by atoms with van der Waals surface area (Å²) in [4.78, 5) is 14.9. The molecular formula is C22H25ClN2O4. The van der Waals surface area contributed by atoms with Crippen LogP contribution in [0.15, 0.2) is 42.5 Å². The third-order valence-corrected chi connectivity index (χ3v) is 5.44. The lowest BCUT2D eigenvalue weighted by Gasteiger charge is -2.31. The van der Waals surface area contributed by atoms with Crippen LogP contribution in [-0.4, -0.2) is 51.5 Å². The highest BCUT2D eigenvalue weighted by Gasteiger charge is 2.20. The second-order valence-corrected chi connectivity index (χ2v) is 7.57. The minimum atomic E-state index is -0.188. The largest absolute Gasteiger partial charge is 0.491 e. The molecule has 1 atom stereocenters. The van der Waals surface area contributed by atoms with Gasteiger partial charge < -0.3 is 24.4 Å². The van der Waals surface area contributed by atoms with Crippen LogP contribution in [0.1, 0.15) is 23.2 Å². The van der Waals surface area contributed by atoms with E-state index in [1.165, 1.54) is 0 Å². The minimum absolute atomic E-state index is 0.166. The van der Waals surface area contributed by atoms with Crippen molar-refractivity contribution in [3.8, 4) is 5.75 Å². The Labute approximate surface area is 175 Å². The topological polar surface area (TPSA) is 60.0 Å². The Morgan fingerprint density at radius 3 is 2.66 bits per heavy atom. The first-order valence-electron chi connectivity index (χ1n) is 9.98. The molecule has 2 fully saturated rings. The first kappa shape index (κ1) is 20.0. The Balaban J connectivity index is 1.42. The predicted octanol–water partition coefficient (Wildman–Crippen LogP) is 3.99. The molecule has 154 valence electrons. The summed E-state index contributed by atoms with van der Waals surface area (Å²) in [7, 11) is 0. The number of rotatable bonds is 6. The van der Waals surface area contributed by atoms with Crippen molar-refractivity contribution in [3.05, 3.63) is 53.1 Å². The number of benzene rings is 2. The van der Waals surface area contributed by atoms with Crippen molar-refractivity contribution < 1.29 is 19.0 Å². The van der Waals surface area contributed by atoms with E-state index in [2.05, 4.69) is 10.2 Å². The van der Waals surface area contributed by atoms with E-state index < -0.39 is 0 Å². The quantitative estimate of drug-likeness (QED) is 0.771. The zero-order valence-corrected chi connectivity index (χ0v) is 17.0. The predicted molar refractivity (Wildman–Crippen MR) is 113 cm³/mol. The van der Waals surface area contributed by atoms with E-state index in [-0.39, 0.29) is 12.0 Å². The minimum Gasteiger partial charge on any atom is -0.491 e. The van der Waals surface area contributed by atoms with E-state index in [1.54, 1.807) is 12.1 Å². The monoisotopic (exact) mass is 416 g/mol. The molecule has 2 heterocycles. The average molecular weight is 417 g/mol. The van der Waals surface area contributed by atoms with Crippen LogP contribution in [0.2, 0.25) is 5.02 Å². The molecule has 2 saturated heterocycles. The Kier molecular flexibility index (Phi) is 6.54. The van der Waals surface area contributed by atoms with E-state index in [4.69, 9.17) is 25.8 Å². The standard InChI is InChI=1S/C22H25ClN2O4/c23-19-4-1-5-20(21(19)25-10-13-27-14-11-25)24-22(26)16-6-8-17(9-7-16)29-15-18-3-2-12-28-18/h1,4-9,18H,2-3,10-15H2,(H,24,26)/t18-/m1/s1. The number of hydrogen-bond acceptors (Lipinski definition) is 5. The number of halogens is 1. The van der Waals surface area contributed by atoms with Gasteiger partial charge in [-0.3, -0.25) is 4.79 Å². The summed E-state index contributed by atoms with van der Waals surface area (Å²) < 4.78 is 16.7. The maximum absolute atomic E-state index is 12.8. The van der Waals surface area contributed by atoms with Crippen molar-refractivity contribution in [2.24, 2.45) is 0 Å². The number of carbonyl (C=O) groups excluding carboxylic acids is 1. The maximum atomic E-state index is 12.8. The Bertz CT molecular complexity index is 831. The molecule has 6 nitrogen and oxygen atoms in total. The van der Waals surface area contributed by atoms with Crippen LogP contribution >= 0.6 is 11.6 Å². The van der Waals surface area contributed by atoms with E-state index >= 15 is 0 Å². The van der Waals surface area contributed by atoms with Crippen LogP contribution in [0.5, 0.6) is 5.75 Å². The molecule has 0 aromatic heterocycles. The number of nitrogens with one attached hydrogen (secondary N) is 1. The number of anilines is 2. The number of morpholine rings is 1. The molecule has 0 unspecified atom stereocenters. The van der Waals surface area contributed by atoms with E-state index in [0.717, 1.165) is 44.0 Å². The zero-order chi connectivity index (χ0) is 20.1. The van der Waals surface area contributed by atoms with Gasteiger partial charge in [0, 0.05) is 25.3 Å². The highest BCUT2D eigenvalue weighted by atomic mass is 35.5. The Morgan fingerprint density at radius 1 is 1.14 bits per heavy atom. The van der Waals surface area contributed by atoms with Crippen molar-refractivity contribution in [2.45, 2.75) is 18.9 Å². The fraction of sp³-hybridized carbons (Fsp3) is 0.409. The third-order valence-electron chi connectivity index (χ3n) is 5.14. The number of nitrogens with zero attached hydrogens (tertiary/aromatic N) is 1. The lowest BCUT2D eigenvalue weighted by molar-refractivity contribution is 0.0679. The van der Waals surface area contributed by atoms with E-state index in [9.17, 15) is 4.79 Å². The molecule has 0 bridgehead atoms. The van der Waals surface area contributed by atoms with Gasteiger partial charge in [-0.2, -0.15) is 0 Å². The van der Waals surface area contributed by atoms with Crippen LogP contribution in [0.3, 0.4) is 0 Å². The molecular weight excluding hydrogens is 392 g/mol. The molecule has 0 aliphatic carbocycles. The molecule has 0 spiro atoms. The molecule has 0 saturated carbocycles. The normalized spacial score (nSPS) is 19.2. The summed E-state index contributed by atoms with van der Waals surface area (Å²) in [5.74, 6) is 0.543. The highest BCUT2D eigenvalue weighted by Crippen LogP contribution is 2.34. The fourth-order valence-electron chi connectivity index (χ4n) is 3.59. The summed E-state index contributed by atoms with van der Waals surface area (Å²) in [6, 6.07) is 12.7. The van der Waals surface area contributed by atoms with E-state index in [1.807, 2.05) is 30.3 Å². The molecule has 2 aromatic carbocycles. The number of ether oxygens (including phenoxy) is 3. The summed E-state index contributed by atoms with van der Waals surface area (Å²) in [6.45, 7) is 4.12. The number of amides is 1. The molecule has 2 aliphatic rings. The second kappa shape index (κ2) is 9.48. The number of hydrogen-bond donors (Lipinski definition) is 1. The summed E-state index contributed by atoms with van der Waals surface area (Å²) in [5, 5.41) is 3.61. The van der Waals surface area contributed by atoms with E-state index in [0.29, 0.717) is 36.1 Å². The van der Waals surface area contributed by atoms with Crippen LogP contribution in [0, 0.1) is 0 Å². The first-order valence-corrected chi connectivity index (χ1v) is 10.4.